The molecule has 4 nitrogen and oxygen atoms in total. The fraction of sp³-hybridized carbons (Fsp3) is 0.533. The number of anilines is 1. The molecule has 0 saturated carbocycles. The van der Waals surface area contributed by atoms with Crippen molar-refractivity contribution in [3.8, 4) is 0 Å². The normalized spacial score (nSPS) is 11.3. The minimum Gasteiger partial charge on any atom is -0.466 e. The predicted molar refractivity (Wildman–Crippen MR) is 75.8 cm³/mol. The van der Waals surface area contributed by atoms with Crippen LogP contribution in [-0.4, -0.2) is 25.3 Å². The van der Waals surface area contributed by atoms with Gasteiger partial charge in [-0.05, 0) is 31.9 Å². The Hall–Kier alpha value is -1.55. The lowest BCUT2D eigenvalue weighted by molar-refractivity contribution is -0.145. The summed E-state index contributed by atoms with van der Waals surface area (Å²) in [6.07, 6.45) is 1.64. The van der Waals surface area contributed by atoms with Crippen molar-refractivity contribution in [3.05, 3.63) is 29.8 Å². The molecule has 0 amide bonds. The molecule has 0 saturated heterocycles. The van der Waals surface area contributed by atoms with Crippen LogP contribution in [0.1, 0.15) is 32.3 Å². The quantitative estimate of drug-likeness (QED) is 0.608. The summed E-state index contributed by atoms with van der Waals surface area (Å²) < 4.78 is 10.4. The van der Waals surface area contributed by atoms with Crippen molar-refractivity contribution in [1.29, 1.82) is 0 Å². The second-order valence-corrected chi connectivity index (χ2v) is 5.13. The number of carbonyl (C=O) groups is 1. The van der Waals surface area contributed by atoms with Gasteiger partial charge in [-0.25, -0.2) is 0 Å². The van der Waals surface area contributed by atoms with Crippen LogP contribution in [0, 0.1) is 0 Å². The van der Waals surface area contributed by atoms with Crippen LogP contribution in [0.4, 0.5) is 5.69 Å². The summed E-state index contributed by atoms with van der Waals surface area (Å²) in [6, 6.07) is 7.56. The molecule has 0 spiro atoms. The lowest BCUT2D eigenvalue weighted by atomic mass is 10.1. The van der Waals surface area contributed by atoms with Crippen molar-refractivity contribution < 1.29 is 14.3 Å². The van der Waals surface area contributed by atoms with Crippen molar-refractivity contribution in [3.63, 3.8) is 0 Å². The lowest BCUT2D eigenvalue weighted by Gasteiger charge is -2.22. The highest BCUT2D eigenvalue weighted by Crippen LogP contribution is 2.14. The van der Waals surface area contributed by atoms with Crippen LogP contribution >= 0.6 is 0 Å². The number of ether oxygens (including phenoxy) is 2. The standard InChI is InChI=1S/C15H23NO3/c1-15(2,18-3)10-11-19-14(17)9-8-12-6-4-5-7-13(12)16/h4-7H,8-11,16H2,1-3H3. The molecule has 0 atom stereocenters. The van der Waals surface area contributed by atoms with Crippen LogP contribution in [0.5, 0.6) is 0 Å². The van der Waals surface area contributed by atoms with Gasteiger partial charge in [0.15, 0.2) is 0 Å². The predicted octanol–water partition coefficient (Wildman–Crippen LogP) is 2.56. The van der Waals surface area contributed by atoms with Crippen molar-refractivity contribution in [2.75, 3.05) is 19.5 Å². The maximum atomic E-state index is 11.6. The Bertz CT molecular complexity index is 416. The van der Waals surface area contributed by atoms with E-state index in [0.717, 1.165) is 11.3 Å². The third-order valence-electron chi connectivity index (χ3n) is 3.17. The van der Waals surface area contributed by atoms with Crippen molar-refractivity contribution in [1.82, 2.24) is 0 Å². The maximum absolute atomic E-state index is 11.6. The zero-order chi connectivity index (χ0) is 14.3. The van der Waals surface area contributed by atoms with Crippen LogP contribution in [0.15, 0.2) is 24.3 Å². The Kier molecular flexibility index (Phi) is 5.83. The molecule has 0 fully saturated rings. The minimum atomic E-state index is -0.260. The third kappa shape index (κ3) is 5.75. The summed E-state index contributed by atoms with van der Waals surface area (Å²) in [4.78, 5) is 11.6. The van der Waals surface area contributed by atoms with E-state index in [9.17, 15) is 4.79 Å². The topological polar surface area (TPSA) is 61.5 Å². The summed E-state index contributed by atoms with van der Waals surface area (Å²) >= 11 is 0. The van der Waals surface area contributed by atoms with Crippen molar-refractivity contribution in [2.24, 2.45) is 0 Å². The number of nitrogens with two attached hydrogens (primary N) is 1. The minimum absolute atomic E-state index is 0.199. The summed E-state index contributed by atoms with van der Waals surface area (Å²) in [5.41, 5.74) is 7.25. The Labute approximate surface area is 114 Å². The summed E-state index contributed by atoms with van der Waals surface area (Å²) in [5, 5.41) is 0. The van der Waals surface area contributed by atoms with Gasteiger partial charge < -0.3 is 15.2 Å². The van der Waals surface area contributed by atoms with Gasteiger partial charge in [-0.2, -0.15) is 0 Å². The molecule has 0 bridgehead atoms. The van der Waals surface area contributed by atoms with Crippen LogP contribution in [-0.2, 0) is 20.7 Å². The number of esters is 1. The van der Waals surface area contributed by atoms with E-state index >= 15 is 0 Å². The van der Waals surface area contributed by atoms with Crippen molar-refractivity contribution in [2.45, 2.75) is 38.7 Å². The molecule has 0 aliphatic heterocycles. The first-order valence-electron chi connectivity index (χ1n) is 6.49. The highest BCUT2D eigenvalue weighted by molar-refractivity contribution is 5.70. The zero-order valence-electron chi connectivity index (χ0n) is 11.9. The second-order valence-electron chi connectivity index (χ2n) is 5.13. The van der Waals surface area contributed by atoms with Crippen LogP contribution in [0.2, 0.25) is 0 Å². The largest absolute Gasteiger partial charge is 0.466 e. The number of nitrogen functional groups attached to an aromatic ring is 1. The first-order chi connectivity index (χ1) is 8.94. The molecule has 0 aliphatic carbocycles. The van der Waals surface area contributed by atoms with E-state index in [4.69, 9.17) is 15.2 Å². The molecular weight excluding hydrogens is 242 g/mol. The number of rotatable bonds is 7. The van der Waals surface area contributed by atoms with Gasteiger partial charge in [0, 0.05) is 25.6 Å². The molecule has 1 rings (SSSR count). The highest BCUT2D eigenvalue weighted by Gasteiger charge is 2.16. The van der Waals surface area contributed by atoms with Gasteiger partial charge in [-0.3, -0.25) is 4.79 Å². The average Bonchev–Trinajstić information content (AvgIpc) is 2.37. The molecule has 106 valence electrons. The number of para-hydroxylation sites is 1. The first kappa shape index (κ1) is 15.5. The first-order valence-corrected chi connectivity index (χ1v) is 6.49. The molecule has 0 heterocycles. The summed E-state index contributed by atoms with van der Waals surface area (Å²) in [5.74, 6) is -0.199. The molecule has 19 heavy (non-hydrogen) atoms. The molecule has 0 aliphatic rings. The van der Waals surface area contributed by atoms with Crippen LogP contribution in [0.3, 0.4) is 0 Å². The number of carbonyl (C=O) groups excluding carboxylic acids is 1. The molecule has 0 radical (unpaired) electrons. The van der Waals surface area contributed by atoms with Crippen molar-refractivity contribution >= 4 is 11.7 Å². The number of hydrogen-bond acceptors (Lipinski definition) is 4. The Morgan fingerprint density at radius 2 is 2.00 bits per heavy atom. The molecular formula is C15H23NO3. The van der Waals surface area contributed by atoms with E-state index in [1.54, 1.807) is 7.11 Å². The lowest BCUT2D eigenvalue weighted by Crippen LogP contribution is -2.25. The van der Waals surface area contributed by atoms with Gasteiger partial charge in [0.2, 0.25) is 0 Å². The molecule has 0 unspecified atom stereocenters. The number of benzene rings is 1. The van der Waals surface area contributed by atoms with E-state index in [1.165, 1.54) is 0 Å². The number of methoxy groups -OCH3 is 1. The zero-order valence-corrected chi connectivity index (χ0v) is 11.9. The molecule has 0 aromatic heterocycles. The van der Waals surface area contributed by atoms with Gasteiger partial charge in [0.1, 0.15) is 0 Å². The smallest absolute Gasteiger partial charge is 0.306 e. The van der Waals surface area contributed by atoms with E-state index in [2.05, 4.69) is 0 Å². The fourth-order valence-electron chi connectivity index (χ4n) is 1.58. The van der Waals surface area contributed by atoms with Gasteiger partial charge >= 0.3 is 5.97 Å². The SMILES string of the molecule is COC(C)(C)CCOC(=O)CCc1ccccc1N. The summed E-state index contributed by atoms with van der Waals surface area (Å²) in [7, 11) is 1.65. The fourth-order valence-corrected chi connectivity index (χ4v) is 1.58. The van der Waals surface area contributed by atoms with Gasteiger partial charge in [0.05, 0.1) is 12.2 Å². The second kappa shape index (κ2) is 7.14. The molecule has 1 aromatic rings. The molecule has 2 N–H and O–H groups in total. The Morgan fingerprint density at radius 1 is 1.32 bits per heavy atom. The molecule has 1 aromatic carbocycles. The molecule has 4 heteroatoms. The monoisotopic (exact) mass is 265 g/mol. The van der Waals surface area contributed by atoms with Crippen LogP contribution in [0.25, 0.3) is 0 Å². The van der Waals surface area contributed by atoms with Crippen LogP contribution < -0.4 is 5.73 Å². The van der Waals surface area contributed by atoms with E-state index < -0.39 is 0 Å². The number of hydrogen-bond donors (Lipinski definition) is 1. The van der Waals surface area contributed by atoms with E-state index in [1.807, 2.05) is 38.1 Å². The Balaban J connectivity index is 2.27. The maximum Gasteiger partial charge on any atom is 0.306 e. The van der Waals surface area contributed by atoms with Gasteiger partial charge in [0.25, 0.3) is 0 Å². The van der Waals surface area contributed by atoms with E-state index in [-0.39, 0.29) is 11.6 Å². The highest BCUT2D eigenvalue weighted by atomic mass is 16.5. The number of aryl methyl sites for hydroxylation is 1. The van der Waals surface area contributed by atoms with E-state index in [0.29, 0.717) is 25.9 Å². The van der Waals surface area contributed by atoms with Gasteiger partial charge in [-0.1, -0.05) is 18.2 Å². The third-order valence-corrected chi connectivity index (χ3v) is 3.17. The Morgan fingerprint density at radius 3 is 2.63 bits per heavy atom. The van der Waals surface area contributed by atoms with Gasteiger partial charge in [-0.15, -0.1) is 0 Å². The average molecular weight is 265 g/mol. The summed E-state index contributed by atoms with van der Waals surface area (Å²) in [6.45, 7) is 4.31.